The molecule has 0 fully saturated rings. The fraction of sp³-hybridized carbons (Fsp3) is 0.333. The lowest BCUT2D eigenvalue weighted by molar-refractivity contribution is -0.139. The number of nitrogens with zero attached hydrogens (tertiary/aromatic N) is 3. The number of aromatic nitrogens is 2. The summed E-state index contributed by atoms with van der Waals surface area (Å²) < 4.78 is 0. The van der Waals surface area contributed by atoms with Crippen molar-refractivity contribution in [3.05, 3.63) is 101 Å². The summed E-state index contributed by atoms with van der Waals surface area (Å²) in [5, 5.41) is 12.5. The zero-order valence-corrected chi connectivity index (χ0v) is 25.6. The van der Waals surface area contributed by atoms with Crippen LogP contribution in [0.25, 0.3) is 22.5 Å². The lowest BCUT2D eigenvalue weighted by Gasteiger charge is -2.35. The van der Waals surface area contributed by atoms with Crippen molar-refractivity contribution in [3.8, 4) is 22.5 Å². The van der Waals surface area contributed by atoms with E-state index in [-0.39, 0.29) is 11.8 Å². The first kappa shape index (κ1) is 30.0. The molecule has 3 aromatic carbocycles. The monoisotopic (exact) mass is 576 g/mol. The highest BCUT2D eigenvalue weighted by Crippen LogP contribution is 2.33. The molecule has 1 aromatic heterocycles. The summed E-state index contributed by atoms with van der Waals surface area (Å²) in [6, 6.07) is 20.8. The van der Waals surface area contributed by atoms with Crippen molar-refractivity contribution in [1.82, 2.24) is 15.3 Å². The molecular formula is C36H40N4O3. The van der Waals surface area contributed by atoms with Gasteiger partial charge in [-0.25, -0.2) is 14.8 Å². The average Bonchev–Trinajstić information content (AvgIpc) is 3.00. The minimum Gasteiger partial charge on any atom is -0.480 e. The Bertz CT molecular complexity index is 1590. The van der Waals surface area contributed by atoms with Crippen LogP contribution in [0.1, 0.15) is 68.1 Å². The van der Waals surface area contributed by atoms with Gasteiger partial charge in [0.1, 0.15) is 6.04 Å². The third-order valence-electron chi connectivity index (χ3n) is 8.11. The maximum Gasteiger partial charge on any atom is 0.326 e. The third-order valence-corrected chi connectivity index (χ3v) is 8.11. The van der Waals surface area contributed by atoms with E-state index in [9.17, 15) is 14.7 Å². The Kier molecular flexibility index (Phi) is 8.62. The quantitative estimate of drug-likeness (QED) is 0.243. The van der Waals surface area contributed by atoms with Gasteiger partial charge in [-0.1, -0.05) is 63.2 Å². The highest BCUT2D eigenvalue weighted by atomic mass is 16.4. The number of rotatable bonds is 8. The molecule has 0 unspecified atom stereocenters. The Morgan fingerprint density at radius 1 is 0.907 bits per heavy atom. The van der Waals surface area contributed by atoms with Crippen LogP contribution in [0.4, 0.5) is 5.69 Å². The van der Waals surface area contributed by atoms with Gasteiger partial charge in [-0.3, -0.25) is 4.79 Å². The summed E-state index contributed by atoms with van der Waals surface area (Å²) in [6.45, 7) is 11.9. The largest absolute Gasteiger partial charge is 0.480 e. The van der Waals surface area contributed by atoms with Crippen LogP contribution in [0.2, 0.25) is 0 Å². The molecule has 4 aromatic rings. The van der Waals surface area contributed by atoms with Gasteiger partial charge in [0.25, 0.3) is 5.91 Å². The Balaban J connectivity index is 1.24. The summed E-state index contributed by atoms with van der Waals surface area (Å²) in [4.78, 5) is 36.5. The highest BCUT2D eigenvalue weighted by molar-refractivity contribution is 5.96. The maximum absolute atomic E-state index is 12.8. The number of fused-ring (bicyclic) bond motifs is 1. The van der Waals surface area contributed by atoms with Crippen LogP contribution in [0.3, 0.4) is 0 Å². The Morgan fingerprint density at radius 2 is 1.56 bits per heavy atom. The minimum absolute atomic E-state index is 0.0323. The molecule has 0 bridgehead atoms. The molecule has 0 aliphatic carbocycles. The third kappa shape index (κ3) is 6.94. The highest BCUT2D eigenvalue weighted by Gasteiger charge is 2.23. The number of hydrogen-bond donors (Lipinski definition) is 2. The SMILES string of the molecule is CC(C)N1CCCc2cc(-c3cnc(-c4ccc(C[C@H](NC(=O)c5ccc(C(C)(C)C)cc5)C(=O)O)cc4)nc3)ccc21. The summed E-state index contributed by atoms with van der Waals surface area (Å²) in [5.41, 5.74) is 7.90. The maximum atomic E-state index is 12.8. The number of amides is 1. The van der Waals surface area contributed by atoms with Gasteiger partial charge >= 0.3 is 5.97 Å². The fourth-order valence-corrected chi connectivity index (χ4v) is 5.56. The van der Waals surface area contributed by atoms with Crippen LogP contribution in [-0.2, 0) is 23.1 Å². The second kappa shape index (κ2) is 12.4. The molecule has 7 heteroatoms. The summed E-state index contributed by atoms with van der Waals surface area (Å²) in [6.07, 6.45) is 6.10. The normalized spacial score (nSPS) is 13.9. The van der Waals surface area contributed by atoms with Gasteiger partial charge < -0.3 is 15.3 Å². The van der Waals surface area contributed by atoms with Crippen LogP contribution >= 0.6 is 0 Å². The van der Waals surface area contributed by atoms with Gasteiger partial charge in [-0.05, 0) is 78.6 Å². The van der Waals surface area contributed by atoms with E-state index in [1.807, 2.05) is 48.8 Å². The summed E-state index contributed by atoms with van der Waals surface area (Å²) >= 11 is 0. The minimum atomic E-state index is -1.08. The Morgan fingerprint density at radius 3 is 2.16 bits per heavy atom. The van der Waals surface area contributed by atoms with Crippen LogP contribution < -0.4 is 10.2 Å². The van der Waals surface area contributed by atoms with E-state index in [4.69, 9.17) is 0 Å². The topological polar surface area (TPSA) is 95.4 Å². The number of benzene rings is 3. The molecule has 0 saturated carbocycles. The Labute approximate surface area is 254 Å². The van der Waals surface area contributed by atoms with E-state index in [2.05, 4.69) is 73.0 Å². The molecule has 1 amide bonds. The zero-order valence-electron chi connectivity index (χ0n) is 25.6. The molecule has 1 aliphatic heterocycles. The number of carbonyl (C=O) groups excluding carboxylic acids is 1. The van der Waals surface area contributed by atoms with Gasteiger partial charge in [0.05, 0.1) is 0 Å². The Hall–Kier alpha value is -4.52. The van der Waals surface area contributed by atoms with Crippen molar-refractivity contribution in [2.24, 2.45) is 0 Å². The van der Waals surface area contributed by atoms with E-state index in [1.54, 1.807) is 12.1 Å². The number of hydrogen-bond acceptors (Lipinski definition) is 5. The molecule has 0 spiro atoms. The molecule has 7 nitrogen and oxygen atoms in total. The smallest absolute Gasteiger partial charge is 0.326 e. The van der Waals surface area contributed by atoms with Crippen molar-refractivity contribution < 1.29 is 14.7 Å². The molecule has 1 atom stereocenters. The molecule has 2 heterocycles. The van der Waals surface area contributed by atoms with Crippen molar-refractivity contribution in [2.45, 2.75) is 71.4 Å². The summed E-state index contributed by atoms with van der Waals surface area (Å²) in [7, 11) is 0. The van der Waals surface area contributed by atoms with E-state index >= 15 is 0 Å². The summed E-state index contributed by atoms with van der Waals surface area (Å²) in [5.74, 6) is -0.892. The van der Waals surface area contributed by atoms with E-state index < -0.39 is 17.9 Å². The van der Waals surface area contributed by atoms with E-state index in [1.165, 1.54) is 11.3 Å². The van der Waals surface area contributed by atoms with Crippen molar-refractivity contribution >= 4 is 17.6 Å². The average molecular weight is 577 g/mol. The zero-order chi connectivity index (χ0) is 30.7. The van der Waals surface area contributed by atoms with Gasteiger partial charge in [-0.2, -0.15) is 0 Å². The van der Waals surface area contributed by atoms with E-state index in [0.29, 0.717) is 17.4 Å². The first-order valence-electron chi connectivity index (χ1n) is 14.9. The second-order valence-electron chi connectivity index (χ2n) is 12.6. The number of aryl methyl sites for hydroxylation is 1. The number of carbonyl (C=O) groups is 2. The van der Waals surface area contributed by atoms with Crippen molar-refractivity contribution in [3.63, 3.8) is 0 Å². The molecule has 222 valence electrons. The van der Waals surface area contributed by atoms with Gasteiger partial charge in [0.15, 0.2) is 5.82 Å². The number of carboxylic acids is 1. The van der Waals surface area contributed by atoms with Gasteiger partial charge in [-0.15, -0.1) is 0 Å². The van der Waals surface area contributed by atoms with Crippen LogP contribution in [0.5, 0.6) is 0 Å². The molecule has 0 radical (unpaired) electrons. The molecule has 43 heavy (non-hydrogen) atoms. The second-order valence-corrected chi connectivity index (χ2v) is 12.6. The first-order chi connectivity index (χ1) is 20.5. The number of nitrogens with one attached hydrogen (secondary N) is 1. The molecule has 0 saturated heterocycles. The van der Waals surface area contributed by atoms with Crippen LogP contribution in [0, 0.1) is 0 Å². The molecule has 1 aliphatic rings. The van der Waals surface area contributed by atoms with E-state index in [0.717, 1.165) is 47.2 Å². The van der Waals surface area contributed by atoms with Crippen LogP contribution in [-0.4, -0.2) is 45.6 Å². The van der Waals surface area contributed by atoms with Crippen molar-refractivity contribution in [2.75, 3.05) is 11.4 Å². The predicted octanol–water partition coefficient (Wildman–Crippen LogP) is 6.69. The van der Waals surface area contributed by atoms with Gasteiger partial charge in [0.2, 0.25) is 0 Å². The molecule has 2 N–H and O–H groups in total. The van der Waals surface area contributed by atoms with Gasteiger partial charge in [0, 0.05) is 53.8 Å². The number of carboxylic acid groups (broad SMARTS) is 1. The lowest BCUT2D eigenvalue weighted by atomic mass is 9.86. The molecular weight excluding hydrogens is 536 g/mol. The standard InChI is InChI=1S/C36H40N4O3/c1-23(2)40-18-6-7-28-20-27(14-17-32(28)40)29-21-37-33(38-22-29)25-10-8-24(9-11-25)19-31(35(42)43)39-34(41)26-12-15-30(16-13-26)36(3,4)5/h8-17,20-23,31H,6-7,18-19H2,1-5H3,(H,39,41)(H,42,43)/t31-/m0/s1. The van der Waals surface area contributed by atoms with Crippen LogP contribution in [0.15, 0.2) is 79.1 Å². The van der Waals surface area contributed by atoms with Crippen molar-refractivity contribution in [1.29, 1.82) is 0 Å². The lowest BCUT2D eigenvalue weighted by Crippen LogP contribution is -2.42. The number of aliphatic carboxylic acids is 1. The number of anilines is 1. The molecule has 5 rings (SSSR count). The predicted molar refractivity (Wildman–Crippen MR) is 171 cm³/mol. The first-order valence-corrected chi connectivity index (χ1v) is 14.9. The fourth-order valence-electron chi connectivity index (χ4n) is 5.56.